The molecule has 11 unspecified atom stereocenters. The van der Waals surface area contributed by atoms with Crippen LogP contribution in [0.1, 0.15) is 72.6 Å². The Labute approximate surface area is 235 Å². The van der Waals surface area contributed by atoms with E-state index in [2.05, 4.69) is 6.92 Å². The van der Waals surface area contributed by atoms with E-state index in [0.29, 0.717) is 5.92 Å². The number of rotatable bonds is 3. The van der Waals surface area contributed by atoms with Gasteiger partial charge in [0, 0.05) is 12.0 Å². The molecule has 1 N–H and O–H groups in total. The van der Waals surface area contributed by atoms with E-state index >= 15 is 0 Å². The molecule has 0 aromatic carbocycles. The molecule has 5 fully saturated rings. The second kappa shape index (κ2) is 9.96. The maximum absolute atomic E-state index is 15.0. The van der Waals surface area contributed by atoms with Crippen LogP contribution in [0.2, 0.25) is 0 Å². The first-order chi connectivity index (χ1) is 18.9. The van der Waals surface area contributed by atoms with Crippen molar-refractivity contribution < 1.29 is 45.5 Å². The number of halogens is 6. The number of carbonyl (C=O) groups is 4. The molecule has 3 saturated carbocycles. The second-order valence-electron chi connectivity index (χ2n) is 13.6. The molecule has 11 atom stereocenters. The fourth-order valence-corrected chi connectivity index (χ4v) is 9.60. The Kier molecular flexibility index (Phi) is 7.37. The highest BCUT2D eigenvalue weighted by atomic mass is 19.4. The lowest BCUT2D eigenvalue weighted by atomic mass is 9.54. The van der Waals surface area contributed by atoms with Crippen molar-refractivity contribution in [2.75, 3.05) is 0 Å². The highest BCUT2D eigenvalue weighted by molar-refractivity contribution is 6.06. The minimum atomic E-state index is -5.72. The van der Waals surface area contributed by atoms with Crippen LogP contribution < -0.4 is 5.32 Å². The van der Waals surface area contributed by atoms with Crippen LogP contribution in [0.3, 0.4) is 0 Å². The zero-order valence-electron chi connectivity index (χ0n) is 23.6. The van der Waals surface area contributed by atoms with Crippen molar-refractivity contribution in [3.8, 4) is 0 Å². The predicted molar refractivity (Wildman–Crippen MR) is 133 cm³/mol. The van der Waals surface area contributed by atoms with Gasteiger partial charge in [-0.05, 0) is 80.5 Å². The van der Waals surface area contributed by atoms with Gasteiger partial charge in [-0.2, -0.15) is 26.3 Å². The largest absolute Gasteiger partial charge is 0.403 e. The van der Waals surface area contributed by atoms with E-state index in [-0.39, 0.29) is 30.6 Å². The van der Waals surface area contributed by atoms with E-state index < -0.39 is 109 Å². The summed E-state index contributed by atoms with van der Waals surface area (Å²) >= 11 is 0. The van der Waals surface area contributed by atoms with Crippen LogP contribution in [0.4, 0.5) is 26.3 Å². The van der Waals surface area contributed by atoms with Crippen LogP contribution in [0.15, 0.2) is 0 Å². The van der Waals surface area contributed by atoms with Gasteiger partial charge in [0.2, 0.25) is 23.6 Å². The minimum absolute atomic E-state index is 0.0417. The van der Waals surface area contributed by atoms with Crippen molar-refractivity contribution in [3.05, 3.63) is 0 Å². The number of hydrogen-bond donors (Lipinski definition) is 1. The fraction of sp³-hybridized carbons (Fsp3) is 0.862. The van der Waals surface area contributed by atoms with Gasteiger partial charge in [-0.15, -0.1) is 0 Å². The molecule has 230 valence electrons. The first-order valence-electron chi connectivity index (χ1n) is 14.8. The molecule has 41 heavy (non-hydrogen) atoms. The monoisotopic (exact) mass is 592 g/mol. The molecule has 2 aliphatic heterocycles. The lowest BCUT2D eigenvalue weighted by Crippen LogP contribution is -2.61. The van der Waals surface area contributed by atoms with Crippen molar-refractivity contribution in [2.45, 2.75) is 91.0 Å². The van der Waals surface area contributed by atoms with E-state index in [9.17, 15) is 45.5 Å². The molecule has 0 radical (unpaired) electrons. The number of carbonyl (C=O) groups excluding carboxylic acids is 4. The molecule has 5 rings (SSSR count). The number of nitrogens with one attached hydrogen (secondary N) is 1. The summed E-state index contributed by atoms with van der Waals surface area (Å²) in [6.07, 6.45) is -13.6. The van der Waals surface area contributed by atoms with E-state index in [0.717, 1.165) is 6.42 Å². The Morgan fingerprint density at radius 3 is 1.66 bits per heavy atom. The SMILES string of the molecule is CC1CC(C)C(N2C(=O)C3CCC(C(C4CCC5C(=O)NC(=O)C5C4)(C(F)(F)F)C(F)(F)F)CC3C2=O)C(C)C1C. The molecule has 0 spiro atoms. The first-order valence-corrected chi connectivity index (χ1v) is 14.8. The molecule has 0 aromatic heterocycles. The number of likely N-dealkylation sites (tertiary alicyclic amines) is 1. The van der Waals surface area contributed by atoms with Gasteiger partial charge in [-0.1, -0.05) is 27.7 Å². The average molecular weight is 593 g/mol. The summed E-state index contributed by atoms with van der Waals surface area (Å²) in [5.74, 6) is -10.5. The lowest BCUT2D eigenvalue weighted by molar-refractivity contribution is -0.383. The van der Waals surface area contributed by atoms with Gasteiger partial charge in [-0.3, -0.25) is 29.4 Å². The fourth-order valence-electron chi connectivity index (χ4n) is 9.60. The Morgan fingerprint density at radius 2 is 1.10 bits per heavy atom. The molecule has 6 nitrogen and oxygen atoms in total. The summed E-state index contributed by atoms with van der Waals surface area (Å²) in [4.78, 5) is 52.9. The average Bonchev–Trinajstić information content (AvgIpc) is 3.28. The zero-order valence-corrected chi connectivity index (χ0v) is 23.6. The summed E-state index contributed by atoms with van der Waals surface area (Å²) in [6, 6.07) is -0.450. The van der Waals surface area contributed by atoms with Crippen LogP contribution in [0.5, 0.6) is 0 Å². The van der Waals surface area contributed by atoms with Crippen molar-refractivity contribution in [2.24, 2.45) is 64.6 Å². The summed E-state index contributed by atoms with van der Waals surface area (Å²) in [5.41, 5.74) is -4.16. The zero-order chi connectivity index (χ0) is 30.4. The Hall–Kier alpha value is -2.14. The molecule has 4 amide bonds. The molecule has 3 aliphatic carbocycles. The summed E-state index contributed by atoms with van der Waals surface area (Å²) in [5, 5.41) is 2.05. The summed E-state index contributed by atoms with van der Waals surface area (Å²) in [6.45, 7) is 8.02. The molecule has 2 saturated heterocycles. The third-order valence-electron chi connectivity index (χ3n) is 11.8. The van der Waals surface area contributed by atoms with Gasteiger partial charge in [0.05, 0.1) is 17.8 Å². The van der Waals surface area contributed by atoms with E-state index in [1.165, 1.54) is 4.90 Å². The normalized spacial score (nSPS) is 42.3. The molecule has 0 aromatic rings. The third-order valence-corrected chi connectivity index (χ3v) is 11.8. The Morgan fingerprint density at radius 1 is 0.610 bits per heavy atom. The maximum Gasteiger partial charge on any atom is 0.403 e. The van der Waals surface area contributed by atoms with E-state index in [1.54, 1.807) is 0 Å². The first kappa shape index (κ1) is 30.3. The van der Waals surface area contributed by atoms with Crippen molar-refractivity contribution >= 4 is 23.6 Å². The van der Waals surface area contributed by atoms with Crippen molar-refractivity contribution in [1.82, 2.24) is 10.2 Å². The van der Waals surface area contributed by atoms with Crippen molar-refractivity contribution in [3.63, 3.8) is 0 Å². The van der Waals surface area contributed by atoms with Gasteiger partial charge < -0.3 is 0 Å². The Balaban J connectivity index is 1.48. The van der Waals surface area contributed by atoms with Crippen LogP contribution in [-0.4, -0.2) is 46.9 Å². The quantitative estimate of drug-likeness (QED) is 0.347. The van der Waals surface area contributed by atoms with Crippen LogP contribution in [-0.2, 0) is 19.2 Å². The number of amides is 4. The van der Waals surface area contributed by atoms with E-state index in [4.69, 9.17) is 0 Å². The van der Waals surface area contributed by atoms with Crippen LogP contribution >= 0.6 is 0 Å². The molecular formula is C29H38F6N2O4. The smallest absolute Gasteiger partial charge is 0.296 e. The lowest BCUT2D eigenvalue weighted by Gasteiger charge is -2.52. The third kappa shape index (κ3) is 4.34. The molecule has 5 aliphatic rings. The number of hydrogen-bond acceptors (Lipinski definition) is 4. The second-order valence-corrected chi connectivity index (χ2v) is 13.6. The standard InChI is InChI=1S/C29H38F6N2O4/c1-12-9-13(2)22(15(4)14(12)3)37-25(40)19-8-6-17(11-21(19)26(37)41)27(28(30,31)32,29(33,34)35)16-5-7-18-20(10-16)24(39)36-23(18)38/h12-22H,5-11H2,1-4H3,(H,36,38,39). The summed E-state index contributed by atoms with van der Waals surface area (Å²) in [7, 11) is 0. The highest BCUT2D eigenvalue weighted by Gasteiger charge is 2.78. The van der Waals surface area contributed by atoms with Gasteiger partial charge in [0.1, 0.15) is 0 Å². The Bertz CT molecular complexity index is 1110. The number of alkyl halides is 6. The van der Waals surface area contributed by atoms with Gasteiger partial charge >= 0.3 is 12.4 Å². The maximum atomic E-state index is 15.0. The van der Waals surface area contributed by atoms with Crippen LogP contribution in [0, 0.1) is 64.6 Å². The topological polar surface area (TPSA) is 83.6 Å². The van der Waals surface area contributed by atoms with Gasteiger partial charge in [0.15, 0.2) is 5.41 Å². The van der Waals surface area contributed by atoms with E-state index in [1.807, 2.05) is 26.1 Å². The number of nitrogens with zero attached hydrogens (tertiary/aromatic N) is 1. The predicted octanol–water partition coefficient (Wildman–Crippen LogP) is 5.50. The molecule has 0 bridgehead atoms. The van der Waals surface area contributed by atoms with Gasteiger partial charge in [-0.25, -0.2) is 0 Å². The molecule has 12 heteroatoms. The number of fused-ring (bicyclic) bond motifs is 2. The van der Waals surface area contributed by atoms with Crippen molar-refractivity contribution in [1.29, 1.82) is 0 Å². The summed E-state index contributed by atoms with van der Waals surface area (Å²) < 4.78 is 89.9. The van der Waals surface area contributed by atoms with Gasteiger partial charge in [0.25, 0.3) is 0 Å². The highest BCUT2D eigenvalue weighted by Crippen LogP contribution is 2.67. The molecular weight excluding hydrogens is 554 g/mol. The van der Waals surface area contributed by atoms with Crippen LogP contribution in [0.25, 0.3) is 0 Å². The minimum Gasteiger partial charge on any atom is -0.296 e. The molecule has 2 heterocycles. The number of imide groups is 2.